The highest BCUT2D eigenvalue weighted by Gasteiger charge is 2.33. The van der Waals surface area contributed by atoms with Crippen molar-refractivity contribution in [3.8, 4) is 0 Å². The van der Waals surface area contributed by atoms with Crippen LogP contribution in [-0.2, 0) is 19.1 Å². The minimum absolute atomic E-state index is 0.410. The monoisotopic (exact) mass is 402 g/mol. The number of alkyl halides is 3. The van der Waals surface area contributed by atoms with E-state index in [1.807, 2.05) is 25.3 Å². The van der Waals surface area contributed by atoms with Crippen molar-refractivity contribution >= 4 is 29.1 Å². The Morgan fingerprint density at radius 1 is 1.23 bits per heavy atom. The predicted octanol–water partition coefficient (Wildman–Crippen LogP) is 4.18. The van der Waals surface area contributed by atoms with E-state index < -0.39 is 11.9 Å². The van der Waals surface area contributed by atoms with E-state index in [0.29, 0.717) is 37.0 Å². The Morgan fingerprint density at radius 2 is 1.96 bits per heavy atom. The molecule has 0 bridgehead atoms. The fourth-order valence-corrected chi connectivity index (χ4v) is 3.30. The van der Waals surface area contributed by atoms with E-state index in [9.17, 15) is 13.2 Å². The molecule has 2 rings (SSSR count). The lowest BCUT2D eigenvalue weighted by Crippen LogP contribution is -2.38. The lowest BCUT2D eigenvalue weighted by atomic mass is 10.2. The quantitative estimate of drug-likeness (QED) is 0.414. The molecule has 0 aliphatic carbocycles. The van der Waals surface area contributed by atoms with Gasteiger partial charge in [-0.15, -0.1) is 23.1 Å². The zero-order valence-corrected chi connectivity index (χ0v) is 16.2. The Bertz CT molecular complexity index is 712. The van der Waals surface area contributed by atoms with Crippen molar-refractivity contribution in [1.29, 1.82) is 0 Å². The van der Waals surface area contributed by atoms with Crippen LogP contribution in [0, 0.1) is 0 Å². The summed E-state index contributed by atoms with van der Waals surface area (Å²) in [6.45, 7) is 3.65. The number of rotatable bonds is 7. The van der Waals surface area contributed by atoms with Crippen LogP contribution in [-0.4, -0.2) is 30.3 Å². The van der Waals surface area contributed by atoms with E-state index in [1.165, 1.54) is 4.90 Å². The van der Waals surface area contributed by atoms with Crippen LogP contribution in [0.4, 0.5) is 13.2 Å². The smallest absolute Gasteiger partial charge is 0.357 e. The summed E-state index contributed by atoms with van der Waals surface area (Å²) >= 11 is 2.71. The number of thiazole rings is 1. The zero-order chi connectivity index (χ0) is 19.0. The first-order valence-electron chi connectivity index (χ1n) is 8.09. The number of aromatic nitrogens is 1. The van der Waals surface area contributed by atoms with Crippen LogP contribution in [0.15, 0.2) is 39.5 Å². The number of benzene rings is 1. The molecular formula is C17H21F3N4S2. The number of nitrogens with zero attached hydrogens (tertiary/aromatic N) is 2. The standard InChI is InChI=1S/C17H21F3N4S2/c1-3-21-16(23-10-12-4-6-13(25-2)7-5-12)22-9-8-15-24-14(11-26-15)17(18,19)20/h4-7,11H,3,8-10H2,1-2H3,(H2,21,22,23). The van der Waals surface area contributed by atoms with E-state index in [1.54, 1.807) is 11.8 Å². The fourth-order valence-electron chi connectivity index (χ4n) is 2.09. The molecular weight excluding hydrogens is 381 g/mol. The molecule has 0 saturated carbocycles. The van der Waals surface area contributed by atoms with Crippen LogP contribution >= 0.6 is 23.1 Å². The molecule has 2 N–H and O–H groups in total. The highest BCUT2D eigenvalue weighted by Crippen LogP contribution is 2.30. The van der Waals surface area contributed by atoms with E-state index >= 15 is 0 Å². The minimum Gasteiger partial charge on any atom is -0.357 e. The Labute approximate surface area is 159 Å². The second-order valence-corrected chi connectivity index (χ2v) is 7.17. The normalized spacial score (nSPS) is 12.3. The molecule has 0 fully saturated rings. The Kier molecular flexibility index (Phi) is 7.77. The Morgan fingerprint density at radius 3 is 2.54 bits per heavy atom. The molecule has 0 amide bonds. The molecule has 0 unspecified atom stereocenters. The van der Waals surface area contributed by atoms with Gasteiger partial charge in [0.05, 0.1) is 11.6 Å². The van der Waals surface area contributed by atoms with Gasteiger partial charge in [-0.3, -0.25) is 0 Å². The first-order valence-corrected chi connectivity index (χ1v) is 10.2. The van der Waals surface area contributed by atoms with Crippen molar-refractivity contribution in [1.82, 2.24) is 15.6 Å². The largest absolute Gasteiger partial charge is 0.434 e. The van der Waals surface area contributed by atoms with Crippen LogP contribution in [0.5, 0.6) is 0 Å². The lowest BCUT2D eigenvalue weighted by molar-refractivity contribution is -0.140. The van der Waals surface area contributed by atoms with Crippen LogP contribution in [0.1, 0.15) is 23.2 Å². The van der Waals surface area contributed by atoms with Gasteiger partial charge in [0.2, 0.25) is 0 Å². The van der Waals surface area contributed by atoms with Gasteiger partial charge in [-0.25, -0.2) is 9.98 Å². The van der Waals surface area contributed by atoms with Crippen LogP contribution in [0.25, 0.3) is 0 Å². The number of aliphatic imine (C=N–C) groups is 1. The number of halogens is 3. The highest BCUT2D eigenvalue weighted by molar-refractivity contribution is 7.98. The first-order chi connectivity index (χ1) is 12.4. The zero-order valence-electron chi connectivity index (χ0n) is 14.6. The Balaban J connectivity index is 1.87. The molecule has 0 radical (unpaired) electrons. The molecule has 1 heterocycles. The van der Waals surface area contributed by atoms with E-state index in [0.717, 1.165) is 22.3 Å². The van der Waals surface area contributed by atoms with Crippen molar-refractivity contribution in [2.45, 2.75) is 31.0 Å². The molecule has 0 spiro atoms. The van der Waals surface area contributed by atoms with Crippen molar-refractivity contribution in [3.05, 3.63) is 45.9 Å². The maximum Gasteiger partial charge on any atom is 0.434 e. The molecule has 142 valence electrons. The van der Waals surface area contributed by atoms with Crippen molar-refractivity contribution in [2.24, 2.45) is 4.99 Å². The molecule has 26 heavy (non-hydrogen) atoms. The molecule has 0 atom stereocenters. The summed E-state index contributed by atoms with van der Waals surface area (Å²) in [6, 6.07) is 8.17. The summed E-state index contributed by atoms with van der Waals surface area (Å²) in [5.74, 6) is 0.633. The maximum atomic E-state index is 12.6. The second-order valence-electron chi connectivity index (χ2n) is 5.34. The minimum atomic E-state index is -4.38. The van der Waals surface area contributed by atoms with E-state index in [2.05, 4.69) is 32.7 Å². The van der Waals surface area contributed by atoms with Crippen molar-refractivity contribution in [3.63, 3.8) is 0 Å². The fraction of sp³-hybridized carbons (Fsp3) is 0.412. The van der Waals surface area contributed by atoms with Gasteiger partial charge in [0.1, 0.15) is 0 Å². The van der Waals surface area contributed by atoms with Gasteiger partial charge in [-0.1, -0.05) is 12.1 Å². The molecule has 1 aromatic heterocycles. The summed E-state index contributed by atoms with van der Waals surface area (Å²) in [5, 5.41) is 7.76. The number of hydrogen-bond acceptors (Lipinski definition) is 4. The van der Waals surface area contributed by atoms with Gasteiger partial charge in [0.15, 0.2) is 11.7 Å². The molecule has 0 saturated heterocycles. The van der Waals surface area contributed by atoms with Crippen LogP contribution in [0.3, 0.4) is 0 Å². The molecule has 1 aromatic carbocycles. The first kappa shape index (κ1) is 20.6. The maximum absolute atomic E-state index is 12.6. The molecule has 4 nitrogen and oxygen atoms in total. The van der Waals surface area contributed by atoms with Gasteiger partial charge >= 0.3 is 6.18 Å². The van der Waals surface area contributed by atoms with E-state index in [-0.39, 0.29) is 0 Å². The average molecular weight is 403 g/mol. The summed E-state index contributed by atoms with van der Waals surface area (Å²) < 4.78 is 37.7. The number of thioether (sulfide) groups is 1. The molecule has 2 aromatic rings. The van der Waals surface area contributed by atoms with Crippen molar-refractivity contribution in [2.75, 3.05) is 19.3 Å². The number of hydrogen-bond donors (Lipinski definition) is 2. The lowest BCUT2D eigenvalue weighted by Gasteiger charge is -2.10. The summed E-state index contributed by atoms with van der Waals surface area (Å²) in [4.78, 5) is 9.33. The van der Waals surface area contributed by atoms with Crippen LogP contribution in [0.2, 0.25) is 0 Å². The third kappa shape index (κ3) is 6.53. The van der Waals surface area contributed by atoms with Gasteiger partial charge in [-0.05, 0) is 30.9 Å². The van der Waals surface area contributed by atoms with Crippen LogP contribution < -0.4 is 10.6 Å². The topological polar surface area (TPSA) is 49.3 Å². The third-order valence-electron chi connectivity index (χ3n) is 3.40. The summed E-state index contributed by atoms with van der Waals surface area (Å²) in [6.07, 6.45) is -1.95. The SMILES string of the molecule is CCNC(=NCc1ccc(SC)cc1)NCCc1nc(C(F)(F)F)cs1. The molecule has 9 heteroatoms. The average Bonchev–Trinajstić information content (AvgIpc) is 3.09. The second kappa shape index (κ2) is 9.82. The third-order valence-corrected chi connectivity index (χ3v) is 5.05. The molecule has 0 aliphatic heterocycles. The van der Waals surface area contributed by atoms with Gasteiger partial charge in [-0.2, -0.15) is 13.2 Å². The summed E-state index contributed by atoms with van der Waals surface area (Å²) in [5.41, 5.74) is 0.265. The number of nitrogens with one attached hydrogen (secondary N) is 2. The highest BCUT2D eigenvalue weighted by atomic mass is 32.2. The Hall–Kier alpha value is -1.74. The van der Waals surface area contributed by atoms with Crippen molar-refractivity contribution < 1.29 is 13.2 Å². The van der Waals surface area contributed by atoms with Gasteiger partial charge < -0.3 is 10.6 Å². The van der Waals surface area contributed by atoms with Gasteiger partial charge in [0.25, 0.3) is 0 Å². The summed E-state index contributed by atoms with van der Waals surface area (Å²) in [7, 11) is 0. The van der Waals surface area contributed by atoms with E-state index in [4.69, 9.17) is 0 Å². The predicted molar refractivity (Wildman–Crippen MR) is 102 cm³/mol. The number of guanidine groups is 1. The van der Waals surface area contributed by atoms with Gasteiger partial charge in [0, 0.05) is 29.8 Å². The molecule has 0 aliphatic rings.